The molecular formula is C12H21N3O. The van der Waals surface area contributed by atoms with Gasteiger partial charge < -0.3 is 10.7 Å². The molecule has 0 aliphatic heterocycles. The molecule has 3 N–H and O–H groups in total. The number of nitrogens with one attached hydrogen (secondary N) is 1. The monoisotopic (exact) mass is 223 g/mol. The lowest BCUT2D eigenvalue weighted by atomic mass is 9.91. The van der Waals surface area contributed by atoms with Crippen LogP contribution in [0.25, 0.3) is 0 Å². The fourth-order valence-corrected chi connectivity index (χ4v) is 1.28. The van der Waals surface area contributed by atoms with Crippen LogP contribution in [-0.4, -0.2) is 9.97 Å². The summed E-state index contributed by atoms with van der Waals surface area (Å²) >= 11 is 0. The van der Waals surface area contributed by atoms with Crippen LogP contribution < -0.4 is 11.3 Å². The van der Waals surface area contributed by atoms with Crippen molar-refractivity contribution in [2.24, 2.45) is 5.73 Å². The molecule has 1 aromatic heterocycles. The Morgan fingerprint density at radius 3 is 2.38 bits per heavy atom. The highest BCUT2D eigenvalue weighted by molar-refractivity contribution is 5.15. The summed E-state index contributed by atoms with van der Waals surface area (Å²) < 4.78 is 0. The number of hydrogen-bond donors (Lipinski definition) is 2. The Labute approximate surface area is 96.3 Å². The summed E-state index contributed by atoms with van der Waals surface area (Å²) in [5.74, 6) is 0.562. The molecule has 0 bridgehead atoms. The second-order valence-corrected chi connectivity index (χ2v) is 5.50. The minimum absolute atomic E-state index is 0.139. The topological polar surface area (TPSA) is 71.8 Å². The van der Waals surface area contributed by atoms with Gasteiger partial charge in [-0.1, -0.05) is 27.7 Å². The van der Waals surface area contributed by atoms with E-state index < -0.39 is 5.54 Å². The molecule has 4 nitrogen and oxygen atoms in total. The quantitative estimate of drug-likeness (QED) is 0.800. The van der Waals surface area contributed by atoms with Crippen molar-refractivity contribution in [2.45, 2.75) is 52.0 Å². The SMILES string of the molecule is CC[C@](C)(N)c1nc(C(C)(C)C)cc(=O)[nH]1. The molecule has 16 heavy (non-hydrogen) atoms. The van der Waals surface area contributed by atoms with E-state index in [-0.39, 0.29) is 11.0 Å². The number of hydrogen-bond acceptors (Lipinski definition) is 3. The van der Waals surface area contributed by atoms with Crippen molar-refractivity contribution in [1.29, 1.82) is 0 Å². The fraction of sp³-hybridized carbons (Fsp3) is 0.667. The van der Waals surface area contributed by atoms with Gasteiger partial charge in [-0.15, -0.1) is 0 Å². The predicted octanol–water partition coefficient (Wildman–Crippen LogP) is 1.65. The van der Waals surface area contributed by atoms with Crippen LogP contribution in [-0.2, 0) is 11.0 Å². The third kappa shape index (κ3) is 2.70. The van der Waals surface area contributed by atoms with E-state index in [0.717, 1.165) is 12.1 Å². The van der Waals surface area contributed by atoms with Gasteiger partial charge in [0.25, 0.3) is 5.56 Å². The summed E-state index contributed by atoms with van der Waals surface area (Å²) in [5, 5.41) is 0. The molecule has 1 rings (SSSR count). The van der Waals surface area contributed by atoms with Gasteiger partial charge in [0.15, 0.2) is 0 Å². The van der Waals surface area contributed by atoms with E-state index in [0.29, 0.717) is 5.82 Å². The summed E-state index contributed by atoms with van der Waals surface area (Å²) in [6.45, 7) is 9.93. The molecule has 0 saturated heterocycles. The second kappa shape index (κ2) is 4.01. The molecular weight excluding hydrogens is 202 g/mol. The van der Waals surface area contributed by atoms with Crippen molar-refractivity contribution >= 4 is 0 Å². The maximum Gasteiger partial charge on any atom is 0.251 e. The molecule has 0 saturated carbocycles. The molecule has 0 aliphatic rings. The molecule has 0 spiro atoms. The predicted molar refractivity (Wildman–Crippen MR) is 65.4 cm³/mol. The Hall–Kier alpha value is -1.16. The number of aromatic nitrogens is 2. The number of rotatable bonds is 2. The van der Waals surface area contributed by atoms with Gasteiger partial charge >= 0.3 is 0 Å². The third-order valence-corrected chi connectivity index (χ3v) is 2.79. The van der Waals surface area contributed by atoms with Crippen LogP contribution in [0.5, 0.6) is 0 Å². The van der Waals surface area contributed by atoms with Gasteiger partial charge in [-0.3, -0.25) is 4.79 Å². The maximum absolute atomic E-state index is 11.6. The molecule has 1 aromatic rings. The van der Waals surface area contributed by atoms with Crippen molar-refractivity contribution in [3.63, 3.8) is 0 Å². The van der Waals surface area contributed by atoms with Crippen LogP contribution in [0.3, 0.4) is 0 Å². The van der Waals surface area contributed by atoms with E-state index in [2.05, 4.69) is 9.97 Å². The first-order chi connectivity index (χ1) is 7.16. The van der Waals surface area contributed by atoms with Gasteiger partial charge in [0.05, 0.1) is 11.2 Å². The smallest absolute Gasteiger partial charge is 0.251 e. The lowest BCUT2D eigenvalue weighted by Gasteiger charge is -2.24. The summed E-state index contributed by atoms with van der Waals surface area (Å²) in [4.78, 5) is 18.8. The number of aromatic amines is 1. The lowest BCUT2D eigenvalue weighted by molar-refractivity contribution is 0.434. The Bertz CT molecular complexity index is 427. The molecule has 0 unspecified atom stereocenters. The van der Waals surface area contributed by atoms with E-state index in [1.165, 1.54) is 6.07 Å². The zero-order chi connectivity index (χ0) is 12.6. The van der Waals surface area contributed by atoms with Crippen molar-refractivity contribution in [1.82, 2.24) is 9.97 Å². The molecule has 0 amide bonds. The van der Waals surface area contributed by atoms with Gasteiger partial charge in [-0.05, 0) is 13.3 Å². The lowest BCUT2D eigenvalue weighted by Crippen LogP contribution is -2.37. The highest BCUT2D eigenvalue weighted by atomic mass is 16.1. The van der Waals surface area contributed by atoms with Gasteiger partial charge in [0.2, 0.25) is 0 Å². The third-order valence-electron chi connectivity index (χ3n) is 2.79. The van der Waals surface area contributed by atoms with Crippen molar-refractivity contribution in [3.05, 3.63) is 27.9 Å². The van der Waals surface area contributed by atoms with Crippen LogP contribution in [0.4, 0.5) is 0 Å². The molecule has 0 radical (unpaired) electrons. The Balaban J connectivity index is 3.35. The number of H-pyrrole nitrogens is 1. The largest absolute Gasteiger partial charge is 0.319 e. The number of nitrogens with two attached hydrogens (primary N) is 1. The van der Waals surface area contributed by atoms with Crippen molar-refractivity contribution in [3.8, 4) is 0 Å². The van der Waals surface area contributed by atoms with Gasteiger partial charge in [-0.25, -0.2) is 4.98 Å². The molecule has 0 aliphatic carbocycles. The van der Waals surface area contributed by atoms with Crippen molar-refractivity contribution in [2.75, 3.05) is 0 Å². The summed E-state index contributed by atoms with van der Waals surface area (Å²) in [7, 11) is 0. The average molecular weight is 223 g/mol. The highest BCUT2D eigenvalue weighted by Crippen LogP contribution is 2.22. The first kappa shape index (κ1) is 12.9. The molecule has 90 valence electrons. The molecule has 4 heteroatoms. The second-order valence-electron chi connectivity index (χ2n) is 5.50. The van der Waals surface area contributed by atoms with E-state index in [9.17, 15) is 4.79 Å². The Kier molecular flexibility index (Phi) is 3.24. The zero-order valence-electron chi connectivity index (χ0n) is 10.7. The van der Waals surface area contributed by atoms with Crippen LogP contribution in [0, 0.1) is 0 Å². The highest BCUT2D eigenvalue weighted by Gasteiger charge is 2.24. The van der Waals surface area contributed by atoms with Gasteiger partial charge in [0.1, 0.15) is 5.82 Å². The summed E-state index contributed by atoms with van der Waals surface area (Å²) in [5.41, 5.74) is 5.99. The van der Waals surface area contributed by atoms with Crippen LogP contribution in [0.15, 0.2) is 10.9 Å². The Morgan fingerprint density at radius 2 is 1.94 bits per heavy atom. The minimum Gasteiger partial charge on any atom is -0.319 e. The summed E-state index contributed by atoms with van der Waals surface area (Å²) in [6, 6.07) is 1.54. The number of nitrogens with zero attached hydrogens (tertiary/aromatic N) is 1. The standard InChI is InChI=1S/C12H21N3O/c1-6-12(5,13)10-14-8(11(2,3)4)7-9(16)15-10/h7H,6,13H2,1-5H3,(H,14,15,16)/t12-/m0/s1. The summed E-state index contributed by atoms with van der Waals surface area (Å²) in [6.07, 6.45) is 0.726. The van der Waals surface area contributed by atoms with Crippen LogP contribution in [0.2, 0.25) is 0 Å². The van der Waals surface area contributed by atoms with Crippen LogP contribution in [0.1, 0.15) is 52.6 Å². The first-order valence-electron chi connectivity index (χ1n) is 5.58. The normalized spacial score (nSPS) is 15.9. The average Bonchev–Trinajstić information content (AvgIpc) is 2.15. The van der Waals surface area contributed by atoms with Gasteiger partial charge in [-0.2, -0.15) is 0 Å². The molecule has 1 heterocycles. The zero-order valence-corrected chi connectivity index (χ0v) is 10.7. The molecule has 0 fully saturated rings. The minimum atomic E-state index is -0.583. The van der Waals surface area contributed by atoms with Crippen molar-refractivity contribution < 1.29 is 0 Å². The van der Waals surface area contributed by atoms with E-state index in [1.54, 1.807) is 0 Å². The van der Waals surface area contributed by atoms with E-state index in [1.807, 2.05) is 34.6 Å². The van der Waals surface area contributed by atoms with E-state index >= 15 is 0 Å². The Morgan fingerprint density at radius 1 is 1.38 bits per heavy atom. The maximum atomic E-state index is 11.6. The van der Waals surface area contributed by atoms with E-state index in [4.69, 9.17) is 5.73 Å². The molecule has 1 atom stereocenters. The van der Waals surface area contributed by atoms with Gasteiger partial charge in [0, 0.05) is 11.5 Å². The fourth-order valence-electron chi connectivity index (χ4n) is 1.28. The van der Waals surface area contributed by atoms with Crippen LogP contribution >= 0.6 is 0 Å². The molecule has 0 aromatic carbocycles. The first-order valence-corrected chi connectivity index (χ1v) is 5.58.